The Labute approximate surface area is 157 Å². The summed E-state index contributed by atoms with van der Waals surface area (Å²) < 4.78 is 5.48. The van der Waals surface area contributed by atoms with Gasteiger partial charge < -0.3 is 14.6 Å². The van der Waals surface area contributed by atoms with Crippen molar-refractivity contribution in [2.24, 2.45) is 0 Å². The van der Waals surface area contributed by atoms with Crippen LogP contribution in [0.1, 0.15) is 11.4 Å². The van der Waals surface area contributed by atoms with E-state index in [-0.39, 0.29) is 11.6 Å². The molecular weight excluding hydrogens is 342 g/mol. The van der Waals surface area contributed by atoms with Gasteiger partial charge in [-0.2, -0.15) is 0 Å². The number of amides is 1. The van der Waals surface area contributed by atoms with Crippen LogP contribution in [0, 0.1) is 6.92 Å². The lowest BCUT2D eigenvalue weighted by molar-refractivity contribution is 0.140. The zero-order valence-electron chi connectivity index (χ0n) is 15.2. The number of H-pyrrole nitrogens is 1. The van der Waals surface area contributed by atoms with Crippen LogP contribution in [-0.2, 0) is 11.2 Å². The lowest BCUT2D eigenvalue weighted by atomic mass is 9.88. The molecule has 3 aromatic rings. The number of piperazine rings is 1. The Morgan fingerprint density at radius 3 is 2.89 bits per heavy atom. The van der Waals surface area contributed by atoms with Crippen molar-refractivity contribution in [2.45, 2.75) is 18.9 Å². The van der Waals surface area contributed by atoms with E-state index in [1.54, 1.807) is 0 Å². The molecule has 138 valence electrons. The van der Waals surface area contributed by atoms with Gasteiger partial charge in [-0.1, -0.05) is 30.3 Å². The summed E-state index contributed by atoms with van der Waals surface area (Å²) in [5, 5.41) is 0. The summed E-state index contributed by atoms with van der Waals surface area (Å²) in [6.07, 6.45) is 2.43. The van der Waals surface area contributed by atoms with E-state index in [0.717, 1.165) is 35.6 Å². The number of anilines is 1. The van der Waals surface area contributed by atoms with Crippen molar-refractivity contribution in [3.05, 3.63) is 54.0 Å². The molecule has 2 aliphatic rings. The number of carbonyl (C=O) groups is 1. The second-order valence-electron chi connectivity index (χ2n) is 7.35. The Hall–Kier alpha value is -3.09. The average Bonchev–Trinajstić information content (AvgIpc) is 3.26. The third kappa shape index (κ3) is 2.61. The number of hydrogen-bond acceptors (Lipinski definition) is 5. The van der Waals surface area contributed by atoms with E-state index in [1.165, 1.54) is 5.56 Å². The predicted octanol–water partition coefficient (Wildman–Crippen LogP) is 2.52. The Kier molecular flexibility index (Phi) is 3.56. The lowest BCUT2D eigenvalue weighted by Crippen LogP contribution is -2.62. The number of nitrogens with zero attached hydrogens (tertiary/aromatic N) is 4. The monoisotopic (exact) mass is 363 g/mol. The van der Waals surface area contributed by atoms with Gasteiger partial charge in [-0.05, 0) is 18.6 Å². The molecular formula is C20H21N5O2. The van der Waals surface area contributed by atoms with Crippen LogP contribution in [0.25, 0.3) is 11.0 Å². The summed E-state index contributed by atoms with van der Waals surface area (Å²) in [7, 11) is 0. The number of benzene rings is 1. The van der Waals surface area contributed by atoms with Crippen molar-refractivity contribution < 1.29 is 9.53 Å². The minimum Gasteiger partial charge on any atom is -0.447 e. The number of cyclic esters (lactones) is 1. The van der Waals surface area contributed by atoms with Gasteiger partial charge in [0.2, 0.25) is 0 Å². The third-order valence-corrected chi connectivity index (χ3v) is 5.51. The highest BCUT2D eigenvalue weighted by atomic mass is 16.6. The lowest BCUT2D eigenvalue weighted by Gasteiger charge is -2.45. The minimum atomic E-state index is -0.380. The highest BCUT2D eigenvalue weighted by Crippen LogP contribution is 2.35. The number of hydrogen-bond donors (Lipinski definition) is 1. The number of rotatable bonds is 3. The molecule has 2 aliphatic heterocycles. The van der Waals surface area contributed by atoms with Crippen LogP contribution in [0.3, 0.4) is 0 Å². The van der Waals surface area contributed by atoms with E-state index < -0.39 is 0 Å². The fourth-order valence-corrected chi connectivity index (χ4v) is 4.29. The first-order valence-electron chi connectivity index (χ1n) is 9.20. The van der Waals surface area contributed by atoms with Gasteiger partial charge in [0, 0.05) is 32.3 Å². The molecule has 2 fully saturated rings. The van der Waals surface area contributed by atoms with Gasteiger partial charge in [-0.15, -0.1) is 0 Å². The summed E-state index contributed by atoms with van der Waals surface area (Å²) in [6, 6.07) is 12.2. The molecule has 0 bridgehead atoms. The molecule has 1 unspecified atom stereocenters. The van der Waals surface area contributed by atoms with Crippen molar-refractivity contribution in [2.75, 3.05) is 31.1 Å². The molecule has 1 N–H and O–H groups in total. The molecule has 0 spiro atoms. The summed E-state index contributed by atoms with van der Waals surface area (Å²) in [5.41, 5.74) is 2.67. The summed E-state index contributed by atoms with van der Waals surface area (Å²) >= 11 is 0. The Balaban J connectivity index is 1.53. The number of aromatic nitrogens is 3. The van der Waals surface area contributed by atoms with Crippen molar-refractivity contribution in [3.8, 4) is 0 Å². The normalized spacial score (nSPS) is 22.2. The zero-order chi connectivity index (χ0) is 18.4. The number of aryl methyl sites for hydroxylation is 1. The fraction of sp³-hybridized carbons (Fsp3) is 0.350. The standard InChI is InChI=1S/C20H21N5O2/c1-14-22-16-7-8-21-17(16)18(23-14)24-9-10-25-19(26)27-13-20(25,12-24)11-15-5-3-2-4-6-15/h2-8,21H,9-13H2,1H3. The zero-order valence-corrected chi connectivity index (χ0v) is 15.2. The Morgan fingerprint density at radius 2 is 2.04 bits per heavy atom. The molecule has 7 heteroatoms. The molecule has 0 radical (unpaired) electrons. The molecule has 4 heterocycles. The topological polar surface area (TPSA) is 74.3 Å². The predicted molar refractivity (Wildman–Crippen MR) is 102 cm³/mol. The van der Waals surface area contributed by atoms with Gasteiger partial charge in [0.05, 0.1) is 5.52 Å². The van der Waals surface area contributed by atoms with Crippen LogP contribution in [0.15, 0.2) is 42.6 Å². The maximum Gasteiger partial charge on any atom is 0.410 e. The Bertz CT molecular complexity index is 1000. The van der Waals surface area contributed by atoms with Crippen molar-refractivity contribution in [1.82, 2.24) is 19.9 Å². The first-order chi connectivity index (χ1) is 13.1. The van der Waals surface area contributed by atoms with E-state index >= 15 is 0 Å². The van der Waals surface area contributed by atoms with Gasteiger partial charge in [0.15, 0.2) is 5.82 Å². The average molecular weight is 363 g/mol. The van der Waals surface area contributed by atoms with Crippen LogP contribution in [-0.4, -0.2) is 57.7 Å². The molecule has 1 atom stereocenters. The molecule has 0 aliphatic carbocycles. The number of aromatic amines is 1. The number of carbonyl (C=O) groups excluding carboxylic acids is 1. The van der Waals surface area contributed by atoms with Crippen molar-refractivity contribution >= 4 is 22.9 Å². The molecule has 1 aromatic carbocycles. The number of nitrogens with one attached hydrogen (secondary N) is 1. The van der Waals surface area contributed by atoms with Crippen LogP contribution < -0.4 is 4.90 Å². The summed E-state index contributed by atoms with van der Waals surface area (Å²) in [6.45, 7) is 4.33. The van der Waals surface area contributed by atoms with Gasteiger partial charge >= 0.3 is 6.09 Å². The summed E-state index contributed by atoms with van der Waals surface area (Å²) in [5.74, 6) is 1.64. The van der Waals surface area contributed by atoms with E-state index in [0.29, 0.717) is 19.7 Å². The van der Waals surface area contributed by atoms with E-state index in [4.69, 9.17) is 9.72 Å². The van der Waals surface area contributed by atoms with Crippen LogP contribution in [0.4, 0.5) is 10.6 Å². The van der Waals surface area contributed by atoms with Crippen LogP contribution >= 0.6 is 0 Å². The smallest absolute Gasteiger partial charge is 0.410 e. The van der Waals surface area contributed by atoms with E-state index in [9.17, 15) is 4.79 Å². The maximum atomic E-state index is 12.3. The first-order valence-corrected chi connectivity index (χ1v) is 9.20. The van der Waals surface area contributed by atoms with Gasteiger partial charge in [-0.25, -0.2) is 14.8 Å². The second kappa shape index (κ2) is 5.97. The van der Waals surface area contributed by atoms with Crippen LogP contribution in [0.5, 0.6) is 0 Å². The van der Waals surface area contributed by atoms with Gasteiger partial charge in [0.1, 0.15) is 23.5 Å². The molecule has 1 amide bonds. The molecule has 2 aromatic heterocycles. The summed E-state index contributed by atoms with van der Waals surface area (Å²) in [4.78, 5) is 29.0. The van der Waals surface area contributed by atoms with Gasteiger partial charge in [0.25, 0.3) is 0 Å². The van der Waals surface area contributed by atoms with Gasteiger partial charge in [-0.3, -0.25) is 4.90 Å². The largest absolute Gasteiger partial charge is 0.447 e. The Morgan fingerprint density at radius 1 is 1.19 bits per heavy atom. The SMILES string of the molecule is Cc1nc(N2CCN3C(=O)OCC3(Cc3ccccc3)C2)c2[nH]ccc2n1. The number of fused-ring (bicyclic) bond motifs is 2. The molecule has 7 nitrogen and oxygen atoms in total. The van der Waals surface area contributed by atoms with Crippen molar-refractivity contribution in [3.63, 3.8) is 0 Å². The number of ether oxygens (including phenoxy) is 1. The first kappa shape index (κ1) is 16.1. The highest BCUT2D eigenvalue weighted by Gasteiger charge is 2.51. The fourth-order valence-electron chi connectivity index (χ4n) is 4.29. The third-order valence-electron chi connectivity index (χ3n) is 5.51. The van der Waals surface area contributed by atoms with Crippen molar-refractivity contribution in [1.29, 1.82) is 0 Å². The minimum absolute atomic E-state index is 0.213. The molecule has 27 heavy (non-hydrogen) atoms. The second-order valence-corrected chi connectivity index (χ2v) is 7.35. The quantitative estimate of drug-likeness (QED) is 0.774. The van der Waals surface area contributed by atoms with Crippen LogP contribution in [0.2, 0.25) is 0 Å². The van der Waals surface area contributed by atoms with E-state index in [1.807, 2.05) is 42.3 Å². The molecule has 5 rings (SSSR count). The highest BCUT2D eigenvalue weighted by molar-refractivity contribution is 5.86. The maximum absolute atomic E-state index is 12.3. The molecule has 2 saturated heterocycles. The van der Waals surface area contributed by atoms with E-state index in [2.05, 4.69) is 27.0 Å². The molecule has 0 saturated carbocycles.